The Morgan fingerprint density at radius 3 is 2.29 bits per heavy atom. The maximum absolute atomic E-state index is 13.5. The van der Waals surface area contributed by atoms with Gasteiger partial charge in [0.1, 0.15) is 5.82 Å². The molecule has 3 N–H and O–H groups in total. The molecule has 0 spiro atoms. The first-order chi connectivity index (χ1) is 16.2. The van der Waals surface area contributed by atoms with E-state index < -0.39 is 37.0 Å². The van der Waals surface area contributed by atoms with E-state index in [0.717, 1.165) is 23.3 Å². The molecule has 6 nitrogen and oxygen atoms in total. The number of carboxylic acids is 1. The average Bonchev–Trinajstić information content (AvgIpc) is 2.81. The Balaban J connectivity index is 2.35. The minimum Gasteiger partial charge on any atom is -0.477 e. The van der Waals surface area contributed by atoms with Gasteiger partial charge in [-0.3, -0.25) is 0 Å². The Kier molecular flexibility index (Phi) is 7.58. The van der Waals surface area contributed by atoms with Gasteiger partial charge in [-0.05, 0) is 46.7 Å². The fourth-order valence-electron chi connectivity index (χ4n) is 3.79. The number of aryl methyl sites for hydroxylation is 1. The van der Waals surface area contributed by atoms with Crippen LogP contribution in [0.4, 0.5) is 4.39 Å². The van der Waals surface area contributed by atoms with Crippen LogP contribution in [0.25, 0.3) is 11.3 Å². The van der Waals surface area contributed by atoms with Crippen LogP contribution in [-0.4, -0.2) is 31.2 Å². The summed E-state index contributed by atoms with van der Waals surface area (Å²) in [6.45, 7) is 3.47. The lowest BCUT2D eigenvalue weighted by molar-refractivity contribution is -0.146. The maximum atomic E-state index is 13.5. The van der Waals surface area contributed by atoms with Crippen LogP contribution in [0.5, 0.6) is 0 Å². The highest BCUT2D eigenvalue weighted by atomic mass is 31.1. The van der Waals surface area contributed by atoms with Gasteiger partial charge in [-0.25, -0.2) is 14.2 Å². The van der Waals surface area contributed by atoms with Crippen molar-refractivity contribution in [1.82, 2.24) is 4.98 Å². The van der Waals surface area contributed by atoms with E-state index in [9.17, 15) is 28.9 Å². The molecule has 174 valence electrons. The molecule has 0 fully saturated rings. The van der Waals surface area contributed by atoms with Crippen molar-refractivity contribution < 1.29 is 28.9 Å². The summed E-state index contributed by atoms with van der Waals surface area (Å²) in [5.41, 5.74) is -0.363. The van der Waals surface area contributed by atoms with E-state index in [1.807, 2.05) is 37.3 Å². The largest absolute Gasteiger partial charge is 0.541 e. The highest BCUT2D eigenvalue weighted by Gasteiger charge is 2.72. The molecule has 8 heteroatoms. The molecule has 1 aromatic heterocycles. The second-order valence-electron chi connectivity index (χ2n) is 7.84. The molecule has 3 rings (SSSR count). The van der Waals surface area contributed by atoms with Crippen LogP contribution in [0.1, 0.15) is 30.2 Å². The molecule has 1 heterocycles. The predicted molar refractivity (Wildman–Crippen MR) is 127 cm³/mol. The number of benzene rings is 2. The van der Waals surface area contributed by atoms with Crippen LogP contribution < -0.4 is 0 Å². The first-order valence-corrected chi connectivity index (χ1v) is 11.8. The zero-order valence-corrected chi connectivity index (χ0v) is 19.6. The number of aliphatic carboxylic acids is 1. The van der Waals surface area contributed by atoms with Crippen molar-refractivity contribution in [3.8, 4) is 23.1 Å². The summed E-state index contributed by atoms with van der Waals surface area (Å²) >= 11 is 0. The van der Waals surface area contributed by atoms with Gasteiger partial charge in [0, 0.05) is 18.4 Å². The number of aliphatic hydroxyl groups is 1. The first-order valence-electron chi connectivity index (χ1n) is 10.6. The SMILES string of the molecule is CCC#CC(C(=O)O)([P+](=O)O)C(O)(Cc1ccc(F)cc1)c1ccc(C)c(-c2ccccc2)n1. The Hall–Kier alpha value is -3.43. The third kappa shape index (κ3) is 4.62. The summed E-state index contributed by atoms with van der Waals surface area (Å²) < 4.78 is 26.2. The number of rotatable bonds is 7. The molecule has 0 aliphatic heterocycles. The van der Waals surface area contributed by atoms with Gasteiger partial charge in [-0.1, -0.05) is 61.4 Å². The zero-order chi connectivity index (χ0) is 24.9. The molecule has 0 aliphatic rings. The van der Waals surface area contributed by atoms with Crippen LogP contribution >= 0.6 is 8.03 Å². The van der Waals surface area contributed by atoms with Crippen molar-refractivity contribution in [2.45, 2.75) is 37.4 Å². The summed E-state index contributed by atoms with van der Waals surface area (Å²) in [5, 5.41) is 19.5. The monoisotopic (exact) mass is 480 g/mol. The molecule has 0 amide bonds. The van der Waals surface area contributed by atoms with Crippen molar-refractivity contribution in [2.24, 2.45) is 0 Å². The van der Waals surface area contributed by atoms with Crippen LogP contribution in [0, 0.1) is 24.6 Å². The van der Waals surface area contributed by atoms with Crippen LogP contribution in [0.3, 0.4) is 0 Å². The van der Waals surface area contributed by atoms with Gasteiger partial charge in [0.2, 0.25) is 0 Å². The number of carbonyl (C=O) groups is 1. The van der Waals surface area contributed by atoms with E-state index >= 15 is 0 Å². The zero-order valence-electron chi connectivity index (χ0n) is 18.7. The van der Waals surface area contributed by atoms with Gasteiger partial charge in [-0.15, -0.1) is 0 Å². The lowest BCUT2D eigenvalue weighted by atomic mass is 9.78. The number of hydrogen-bond acceptors (Lipinski definition) is 4. The topological polar surface area (TPSA) is 108 Å². The fraction of sp³-hybridized carbons (Fsp3) is 0.231. The van der Waals surface area contributed by atoms with E-state index in [2.05, 4.69) is 16.8 Å². The molecule has 34 heavy (non-hydrogen) atoms. The Bertz CT molecular complexity index is 1250. The average molecular weight is 480 g/mol. The van der Waals surface area contributed by atoms with E-state index in [1.165, 1.54) is 18.2 Å². The lowest BCUT2D eigenvalue weighted by Gasteiger charge is -2.33. The van der Waals surface area contributed by atoms with Crippen LogP contribution in [-0.2, 0) is 21.4 Å². The third-order valence-corrected chi connectivity index (χ3v) is 6.83. The van der Waals surface area contributed by atoms with E-state index in [4.69, 9.17) is 0 Å². The normalized spacial score (nSPS) is 14.8. The van der Waals surface area contributed by atoms with Gasteiger partial charge in [-0.2, -0.15) is 4.89 Å². The Morgan fingerprint density at radius 2 is 1.74 bits per heavy atom. The van der Waals surface area contributed by atoms with Gasteiger partial charge in [0.05, 0.1) is 11.4 Å². The number of nitrogens with zero attached hydrogens (tertiary/aromatic N) is 1. The van der Waals surface area contributed by atoms with Crippen molar-refractivity contribution in [1.29, 1.82) is 0 Å². The fourth-order valence-corrected chi connectivity index (χ4v) is 4.64. The number of halogens is 1. The molecule has 0 radical (unpaired) electrons. The summed E-state index contributed by atoms with van der Waals surface area (Å²) in [6, 6.07) is 17.2. The second kappa shape index (κ2) is 10.2. The summed E-state index contributed by atoms with van der Waals surface area (Å²) in [4.78, 5) is 27.4. The summed E-state index contributed by atoms with van der Waals surface area (Å²) in [7, 11) is -3.57. The highest BCUT2D eigenvalue weighted by Crippen LogP contribution is 2.50. The van der Waals surface area contributed by atoms with Crippen molar-refractivity contribution in [3.05, 3.63) is 89.4 Å². The third-order valence-electron chi connectivity index (χ3n) is 5.58. The lowest BCUT2D eigenvalue weighted by Crippen LogP contribution is -2.55. The van der Waals surface area contributed by atoms with Gasteiger partial charge in [0.25, 0.3) is 0 Å². The molecule has 0 aliphatic carbocycles. The number of pyridine rings is 1. The van der Waals surface area contributed by atoms with Crippen molar-refractivity contribution in [3.63, 3.8) is 0 Å². The molecule has 3 aromatic rings. The molecule has 0 saturated carbocycles. The number of carboxylic acid groups (broad SMARTS) is 1. The van der Waals surface area contributed by atoms with E-state index in [-0.39, 0.29) is 12.1 Å². The molecule has 2 aromatic carbocycles. The standard InChI is InChI=1S/C26H23FNO5P/c1-3-4-16-26(24(29)30,34(32)33)25(31,17-19-11-13-21(27)14-12-19)22-15-10-18(2)23(28-22)20-8-6-5-7-9-20/h5-15,31H,3,17H2,1-2H3,(H-,29,30,32,33)/p+1. The quantitative estimate of drug-likeness (QED) is 0.337. The molecule has 0 bridgehead atoms. The Morgan fingerprint density at radius 1 is 1.09 bits per heavy atom. The predicted octanol–water partition coefficient (Wildman–Crippen LogP) is 4.60. The number of hydrogen-bond donors (Lipinski definition) is 3. The smallest absolute Gasteiger partial charge is 0.477 e. The molecule has 3 unspecified atom stereocenters. The van der Waals surface area contributed by atoms with Crippen LogP contribution in [0.2, 0.25) is 0 Å². The van der Waals surface area contributed by atoms with Gasteiger partial charge < -0.3 is 10.2 Å². The minimum atomic E-state index is -3.57. The van der Waals surface area contributed by atoms with Crippen molar-refractivity contribution >= 4 is 14.0 Å². The maximum Gasteiger partial charge on any atom is 0.541 e. The minimum absolute atomic E-state index is 0.133. The van der Waals surface area contributed by atoms with Gasteiger partial charge in [0.15, 0.2) is 5.60 Å². The molecular weight excluding hydrogens is 456 g/mol. The van der Waals surface area contributed by atoms with E-state index in [1.54, 1.807) is 13.0 Å². The molecule has 3 atom stereocenters. The summed E-state index contributed by atoms with van der Waals surface area (Å²) in [6.07, 6.45) is -0.245. The first kappa shape index (κ1) is 25.2. The summed E-state index contributed by atoms with van der Waals surface area (Å²) in [5.74, 6) is 2.66. The second-order valence-corrected chi connectivity index (χ2v) is 9.05. The molecular formula is C26H24FNO5P+. The molecule has 0 saturated heterocycles. The highest BCUT2D eigenvalue weighted by molar-refractivity contribution is 7.42. The van der Waals surface area contributed by atoms with Gasteiger partial charge >= 0.3 is 19.2 Å². The Labute approximate surface area is 198 Å². The number of aromatic nitrogens is 1. The van der Waals surface area contributed by atoms with Crippen molar-refractivity contribution in [2.75, 3.05) is 0 Å². The van der Waals surface area contributed by atoms with Crippen LogP contribution in [0.15, 0.2) is 66.7 Å². The van der Waals surface area contributed by atoms with E-state index in [0.29, 0.717) is 11.3 Å².